The normalized spacial score (nSPS) is 17.4. The van der Waals surface area contributed by atoms with Crippen LogP contribution >= 0.6 is 11.8 Å². The summed E-state index contributed by atoms with van der Waals surface area (Å²) in [5.41, 5.74) is 1.33. The molecule has 1 heterocycles. The van der Waals surface area contributed by atoms with E-state index in [-0.39, 0.29) is 23.0 Å². The Morgan fingerprint density at radius 1 is 1.05 bits per heavy atom. The van der Waals surface area contributed by atoms with Crippen molar-refractivity contribution < 1.29 is 23.9 Å². The van der Waals surface area contributed by atoms with Crippen LogP contribution in [0, 0.1) is 10.8 Å². The number of rotatable bonds is 9. The Bertz CT molecular complexity index is 1280. The molecule has 3 N–H and O–H groups in total. The Morgan fingerprint density at radius 3 is 2.35 bits per heavy atom. The van der Waals surface area contributed by atoms with Crippen LogP contribution < -0.4 is 10.6 Å². The quantitative estimate of drug-likeness (QED) is 0.204. The topological polar surface area (TPSA) is 121 Å². The number of nitrogens with zero attached hydrogens (tertiary/aromatic N) is 1. The monoisotopic (exact) mass is 610 g/mol. The van der Waals surface area contributed by atoms with E-state index in [1.54, 1.807) is 29.2 Å². The molecule has 3 rings (SSSR count). The van der Waals surface area contributed by atoms with Crippen LogP contribution in [0.25, 0.3) is 0 Å². The molecule has 1 saturated heterocycles. The van der Waals surface area contributed by atoms with Crippen molar-refractivity contribution in [3.63, 3.8) is 0 Å². The van der Waals surface area contributed by atoms with Crippen molar-refractivity contribution in [2.45, 2.75) is 96.6 Å². The molecule has 2 unspecified atom stereocenters. The van der Waals surface area contributed by atoms with Gasteiger partial charge in [0.05, 0.1) is 11.8 Å². The lowest BCUT2D eigenvalue weighted by atomic mass is 9.84. The number of hydrogen-bond acceptors (Lipinski definition) is 7. The van der Waals surface area contributed by atoms with Gasteiger partial charge in [-0.05, 0) is 57.1 Å². The molecule has 2 aromatic carbocycles. The Balaban J connectivity index is 1.80. The molecule has 2 aromatic rings. The van der Waals surface area contributed by atoms with Crippen LogP contribution in [-0.4, -0.2) is 57.5 Å². The standard InChI is InChI=1S/C33H46N4O5S/c1-22(2)43-29(36-30(39)41-21-23-13-9-8-10-14-23)28(38)35-25-16-12-11-15-24(25)27(34)26-17-18-33(6,7)19-20-37(26)31(40)42-32(3,4)5/h8-16,22,26,29,34H,17-21H2,1-7H3,(H,35,38)(H,36,39). The van der Waals surface area contributed by atoms with Gasteiger partial charge in [-0.3, -0.25) is 9.69 Å². The van der Waals surface area contributed by atoms with Gasteiger partial charge >= 0.3 is 12.2 Å². The van der Waals surface area contributed by atoms with Crippen molar-refractivity contribution >= 4 is 41.3 Å². The average molecular weight is 611 g/mol. The van der Waals surface area contributed by atoms with Gasteiger partial charge in [0, 0.05) is 23.0 Å². The Morgan fingerprint density at radius 2 is 1.70 bits per heavy atom. The van der Waals surface area contributed by atoms with E-state index in [4.69, 9.17) is 9.47 Å². The maximum absolute atomic E-state index is 13.5. The average Bonchev–Trinajstić information content (AvgIpc) is 3.08. The second kappa shape index (κ2) is 14.8. The third-order valence-corrected chi connectivity index (χ3v) is 8.19. The Labute approximate surface area is 260 Å². The smallest absolute Gasteiger partial charge is 0.410 e. The zero-order valence-electron chi connectivity index (χ0n) is 26.4. The largest absolute Gasteiger partial charge is 0.445 e. The molecule has 1 aliphatic rings. The van der Waals surface area contributed by atoms with E-state index in [2.05, 4.69) is 24.5 Å². The molecule has 0 aliphatic carbocycles. The fourth-order valence-electron chi connectivity index (χ4n) is 4.74. The number of anilines is 1. The van der Waals surface area contributed by atoms with E-state index in [1.165, 1.54) is 11.8 Å². The molecule has 10 heteroatoms. The Hall–Kier alpha value is -3.53. The molecule has 0 radical (unpaired) electrons. The Kier molecular flexibility index (Phi) is 11.7. The number of carbonyl (C=O) groups excluding carboxylic acids is 3. The summed E-state index contributed by atoms with van der Waals surface area (Å²) in [5, 5.41) is 14.0. The molecular weight excluding hydrogens is 564 g/mol. The first-order chi connectivity index (χ1) is 20.1. The van der Waals surface area contributed by atoms with E-state index in [0.717, 1.165) is 18.4 Å². The van der Waals surface area contributed by atoms with Crippen LogP contribution in [0.5, 0.6) is 0 Å². The number of alkyl carbamates (subject to hydrolysis) is 1. The van der Waals surface area contributed by atoms with Crippen LogP contribution in [0.4, 0.5) is 15.3 Å². The zero-order chi connectivity index (χ0) is 31.8. The summed E-state index contributed by atoms with van der Waals surface area (Å²) in [5.74, 6) is -0.443. The molecular formula is C33H46N4O5S. The number of para-hydroxylation sites is 1. The molecule has 9 nitrogen and oxygen atoms in total. The number of nitrogens with one attached hydrogen (secondary N) is 3. The van der Waals surface area contributed by atoms with Crippen molar-refractivity contribution in [3.05, 3.63) is 65.7 Å². The first-order valence-corrected chi connectivity index (χ1v) is 15.7. The summed E-state index contributed by atoms with van der Waals surface area (Å²) in [7, 11) is 0. The van der Waals surface area contributed by atoms with Gasteiger partial charge in [-0.1, -0.05) is 76.2 Å². The maximum atomic E-state index is 13.5. The molecule has 0 aromatic heterocycles. The molecule has 1 aliphatic heterocycles. The maximum Gasteiger partial charge on any atom is 0.410 e. The highest BCUT2D eigenvalue weighted by atomic mass is 32.2. The third kappa shape index (κ3) is 10.6. The zero-order valence-corrected chi connectivity index (χ0v) is 27.2. The second-order valence-corrected chi connectivity index (χ2v) is 14.5. The van der Waals surface area contributed by atoms with E-state index in [9.17, 15) is 19.8 Å². The SMILES string of the molecule is CC(C)SC(NC(=O)OCc1ccccc1)C(=O)Nc1ccccc1C(=N)C1CCC(C)(C)CCN1C(=O)OC(C)(C)C. The van der Waals surface area contributed by atoms with Gasteiger partial charge in [0.15, 0.2) is 5.37 Å². The third-order valence-electron chi connectivity index (χ3n) is 7.04. The van der Waals surface area contributed by atoms with Gasteiger partial charge in [-0.15, -0.1) is 11.8 Å². The van der Waals surface area contributed by atoms with Crippen molar-refractivity contribution in [2.24, 2.45) is 5.41 Å². The summed E-state index contributed by atoms with van der Waals surface area (Å²) in [4.78, 5) is 41.1. The van der Waals surface area contributed by atoms with E-state index in [1.807, 2.05) is 65.0 Å². The summed E-state index contributed by atoms with van der Waals surface area (Å²) in [6, 6.07) is 15.9. The number of ether oxygens (including phenoxy) is 2. The van der Waals surface area contributed by atoms with Crippen LogP contribution in [0.15, 0.2) is 54.6 Å². The molecule has 1 fully saturated rings. The number of likely N-dealkylation sites (tertiary alicyclic amines) is 1. The van der Waals surface area contributed by atoms with Crippen LogP contribution in [0.3, 0.4) is 0 Å². The van der Waals surface area contributed by atoms with Crippen molar-refractivity contribution in [2.75, 3.05) is 11.9 Å². The summed E-state index contributed by atoms with van der Waals surface area (Å²) in [6.07, 6.45) is 1.05. The predicted octanol–water partition coefficient (Wildman–Crippen LogP) is 7.20. The van der Waals surface area contributed by atoms with E-state index < -0.39 is 35.1 Å². The second-order valence-electron chi connectivity index (χ2n) is 12.9. The molecule has 234 valence electrons. The van der Waals surface area contributed by atoms with Crippen LogP contribution in [0.2, 0.25) is 0 Å². The van der Waals surface area contributed by atoms with Gasteiger partial charge in [0.2, 0.25) is 0 Å². The summed E-state index contributed by atoms with van der Waals surface area (Å²) < 4.78 is 11.1. The van der Waals surface area contributed by atoms with Gasteiger partial charge in [-0.2, -0.15) is 0 Å². The highest BCUT2D eigenvalue weighted by Gasteiger charge is 2.37. The minimum absolute atomic E-state index is 0.00507. The first kappa shape index (κ1) is 34.0. The first-order valence-electron chi connectivity index (χ1n) is 14.8. The fraction of sp³-hybridized carbons (Fsp3) is 0.515. The van der Waals surface area contributed by atoms with Gasteiger partial charge in [-0.25, -0.2) is 9.59 Å². The van der Waals surface area contributed by atoms with E-state index in [0.29, 0.717) is 24.2 Å². The van der Waals surface area contributed by atoms with Gasteiger partial charge < -0.3 is 25.5 Å². The molecule has 2 atom stereocenters. The van der Waals surface area contributed by atoms with Gasteiger partial charge in [0.25, 0.3) is 5.91 Å². The summed E-state index contributed by atoms with van der Waals surface area (Å²) in [6.45, 7) is 14.2. The number of amides is 3. The highest BCUT2D eigenvalue weighted by Crippen LogP contribution is 2.35. The molecule has 0 bridgehead atoms. The molecule has 43 heavy (non-hydrogen) atoms. The minimum atomic E-state index is -0.928. The molecule has 3 amide bonds. The molecule has 0 saturated carbocycles. The lowest BCUT2D eigenvalue weighted by Gasteiger charge is -2.33. The predicted molar refractivity (Wildman–Crippen MR) is 173 cm³/mol. The minimum Gasteiger partial charge on any atom is -0.445 e. The van der Waals surface area contributed by atoms with Crippen molar-refractivity contribution in [1.82, 2.24) is 10.2 Å². The molecule has 0 spiro atoms. The number of benzene rings is 2. The number of thioether (sulfide) groups is 1. The fourth-order valence-corrected chi connectivity index (χ4v) is 5.63. The summed E-state index contributed by atoms with van der Waals surface area (Å²) >= 11 is 1.28. The number of carbonyl (C=O) groups is 3. The van der Waals surface area contributed by atoms with Crippen molar-refractivity contribution in [3.8, 4) is 0 Å². The lowest BCUT2D eigenvalue weighted by Crippen LogP contribution is -2.47. The van der Waals surface area contributed by atoms with Gasteiger partial charge in [0.1, 0.15) is 12.2 Å². The number of hydrogen-bond donors (Lipinski definition) is 3. The lowest BCUT2D eigenvalue weighted by molar-refractivity contribution is -0.116. The van der Waals surface area contributed by atoms with E-state index >= 15 is 0 Å². The van der Waals surface area contributed by atoms with Crippen LogP contribution in [-0.2, 0) is 20.9 Å². The van der Waals surface area contributed by atoms with Crippen LogP contribution in [0.1, 0.15) is 78.9 Å². The van der Waals surface area contributed by atoms with Crippen molar-refractivity contribution in [1.29, 1.82) is 5.41 Å². The highest BCUT2D eigenvalue weighted by molar-refractivity contribution is 8.01.